The van der Waals surface area contributed by atoms with Gasteiger partial charge in [0.2, 0.25) is 0 Å². The van der Waals surface area contributed by atoms with Crippen molar-refractivity contribution >= 4 is 5.96 Å². The first kappa shape index (κ1) is 22.2. The van der Waals surface area contributed by atoms with Crippen LogP contribution < -0.4 is 10.1 Å². The number of hydrogen-bond donors (Lipinski definition) is 1. The first-order chi connectivity index (χ1) is 14.6. The van der Waals surface area contributed by atoms with Gasteiger partial charge in [0.1, 0.15) is 5.75 Å². The molecule has 164 valence electrons. The number of nitrogens with one attached hydrogen (secondary N) is 1. The van der Waals surface area contributed by atoms with Gasteiger partial charge in [-0.05, 0) is 56.5 Å². The van der Waals surface area contributed by atoms with E-state index in [1.165, 1.54) is 11.3 Å². The molecule has 6 heteroatoms. The van der Waals surface area contributed by atoms with Crippen LogP contribution in [-0.4, -0.2) is 55.4 Å². The lowest BCUT2D eigenvalue weighted by atomic mass is 9.74. The Kier molecular flexibility index (Phi) is 7.80. The number of aryl methyl sites for hydroxylation is 1. The van der Waals surface area contributed by atoms with Crippen molar-refractivity contribution in [2.45, 2.75) is 38.6 Å². The molecule has 2 heterocycles. The molecule has 0 radical (unpaired) electrons. The normalized spacial score (nSPS) is 16.3. The summed E-state index contributed by atoms with van der Waals surface area (Å²) in [5.41, 5.74) is 2.57. The predicted molar refractivity (Wildman–Crippen MR) is 122 cm³/mol. The Bertz CT molecular complexity index is 807. The van der Waals surface area contributed by atoms with E-state index in [0.717, 1.165) is 57.4 Å². The summed E-state index contributed by atoms with van der Waals surface area (Å²) >= 11 is 0. The van der Waals surface area contributed by atoms with Crippen molar-refractivity contribution in [3.8, 4) is 5.75 Å². The molecule has 1 aromatic carbocycles. The van der Waals surface area contributed by atoms with E-state index < -0.39 is 0 Å². The van der Waals surface area contributed by atoms with Gasteiger partial charge in [-0.25, -0.2) is 0 Å². The van der Waals surface area contributed by atoms with Crippen molar-refractivity contribution in [1.82, 2.24) is 14.8 Å². The summed E-state index contributed by atoms with van der Waals surface area (Å²) in [6, 6.07) is 12.8. The van der Waals surface area contributed by atoms with Gasteiger partial charge in [0, 0.05) is 51.2 Å². The van der Waals surface area contributed by atoms with E-state index in [-0.39, 0.29) is 5.41 Å². The lowest BCUT2D eigenvalue weighted by Crippen LogP contribution is -2.42. The summed E-state index contributed by atoms with van der Waals surface area (Å²) in [5, 5.41) is 3.46. The van der Waals surface area contributed by atoms with Crippen molar-refractivity contribution in [3.63, 3.8) is 0 Å². The van der Waals surface area contributed by atoms with Crippen molar-refractivity contribution < 1.29 is 9.47 Å². The maximum absolute atomic E-state index is 5.69. The number of aliphatic imine (C=N–C) groups is 1. The van der Waals surface area contributed by atoms with Gasteiger partial charge in [-0.3, -0.25) is 4.99 Å². The number of aromatic nitrogens is 1. The summed E-state index contributed by atoms with van der Waals surface area (Å²) < 4.78 is 13.5. The van der Waals surface area contributed by atoms with E-state index in [1.807, 2.05) is 6.92 Å². The van der Waals surface area contributed by atoms with Crippen LogP contribution in [0.5, 0.6) is 5.75 Å². The molecule has 6 nitrogen and oxygen atoms in total. The Hall–Kier alpha value is -2.47. The minimum atomic E-state index is -0.00448. The Morgan fingerprint density at radius 2 is 1.93 bits per heavy atom. The average molecular weight is 413 g/mol. The molecule has 1 saturated heterocycles. The third kappa shape index (κ3) is 5.36. The van der Waals surface area contributed by atoms with E-state index in [0.29, 0.717) is 6.61 Å². The lowest BCUT2D eigenvalue weighted by molar-refractivity contribution is 0.0530. The smallest absolute Gasteiger partial charge is 0.194 e. The molecular formula is C24H36N4O2. The number of nitrogens with zero attached hydrogens (tertiary/aromatic N) is 3. The van der Waals surface area contributed by atoms with Crippen molar-refractivity contribution in [2.24, 2.45) is 12.0 Å². The van der Waals surface area contributed by atoms with E-state index in [9.17, 15) is 0 Å². The molecule has 0 unspecified atom stereocenters. The van der Waals surface area contributed by atoms with Crippen LogP contribution in [0.1, 0.15) is 37.9 Å². The van der Waals surface area contributed by atoms with Gasteiger partial charge >= 0.3 is 0 Å². The molecule has 1 aliphatic rings. The van der Waals surface area contributed by atoms with Crippen molar-refractivity contribution in [2.75, 3.05) is 40.0 Å². The quantitative estimate of drug-likeness (QED) is 0.532. The fraction of sp³-hybridized carbons (Fsp3) is 0.542. The second-order valence-electron chi connectivity index (χ2n) is 7.99. The highest BCUT2D eigenvalue weighted by molar-refractivity contribution is 5.79. The van der Waals surface area contributed by atoms with Gasteiger partial charge in [-0.1, -0.05) is 12.1 Å². The predicted octanol–water partition coefficient (Wildman–Crippen LogP) is 3.57. The van der Waals surface area contributed by atoms with Gasteiger partial charge < -0.3 is 24.3 Å². The molecule has 0 aliphatic carbocycles. The standard InChI is InChI=1S/C24H36N4O2/c1-5-25-23(28(4)18-21-8-7-15-27(21)3)26-19-24(13-16-29-17-14-24)20-9-11-22(12-10-20)30-6-2/h7-12,15H,5-6,13-14,16-19H2,1-4H3,(H,25,26). The van der Waals surface area contributed by atoms with Crippen LogP contribution in [0.25, 0.3) is 0 Å². The minimum absolute atomic E-state index is 0.00448. The van der Waals surface area contributed by atoms with Crippen LogP contribution in [0.4, 0.5) is 0 Å². The number of benzene rings is 1. The summed E-state index contributed by atoms with van der Waals surface area (Å²) in [4.78, 5) is 7.29. The highest BCUT2D eigenvalue weighted by Gasteiger charge is 2.34. The molecule has 1 fully saturated rings. The molecule has 0 spiro atoms. The van der Waals surface area contributed by atoms with Gasteiger partial charge in [0.25, 0.3) is 0 Å². The zero-order chi connectivity index (χ0) is 21.4. The van der Waals surface area contributed by atoms with Crippen LogP contribution in [-0.2, 0) is 23.7 Å². The second kappa shape index (κ2) is 10.5. The number of guanidine groups is 1. The molecule has 3 rings (SSSR count). The fourth-order valence-corrected chi connectivity index (χ4v) is 4.05. The molecule has 1 aromatic heterocycles. The van der Waals surface area contributed by atoms with E-state index in [2.05, 4.69) is 78.4 Å². The molecule has 1 aliphatic heterocycles. The van der Waals surface area contributed by atoms with Crippen LogP contribution in [0.15, 0.2) is 47.6 Å². The fourth-order valence-electron chi connectivity index (χ4n) is 4.05. The highest BCUT2D eigenvalue weighted by Crippen LogP contribution is 2.36. The third-order valence-corrected chi connectivity index (χ3v) is 5.91. The zero-order valence-electron chi connectivity index (χ0n) is 18.9. The lowest BCUT2D eigenvalue weighted by Gasteiger charge is -2.37. The maximum atomic E-state index is 5.69. The Morgan fingerprint density at radius 3 is 2.53 bits per heavy atom. The summed E-state index contributed by atoms with van der Waals surface area (Å²) in [5.74, 6) is 1.86. The van der Waals surface area contributed by atoms with Gasteiger partial charge in [0.05, 0.1) is 19.7 Å². The molecule has 0 saturated carbocycles. The van der Waals surface area contributed by atoms with Crippen LogP contribution >= 0.6 is 0 Å². The summed E-state index contributed by atoms with van der Waals surface area (Å²) in [6.07, 6.45) is 4.03. The van der Waals surface area contributed by atoms with Crippen molar-refractivity contribution in [1.29, 1.82) is 0 Å². The van der Waals surface area contributed by atoms with E-state index >= 15 is 0 Å². The van der Waals surface area contributed by atoms with Crippen molar-refractivity contribution in [3.05, 3.63) is 53.9 Å². The molecular weight excluding hydrogens is 376 g/mol. The van der Waals surface area contributed by atoms with Gasteiger partial charge in [-0.2, -0.15) is 0 Å². The Balaban J connectivity index is 1.80. The van der Waals surface area contributed by atoms with Crippen LogP contribution in [0, 0.1) is 0 Å². The first-order valence-electron chi connectivity index (χ1n) is 11.0. The largest absolute Gasteiger partial charge is 0.494 e. The number of ether oxygens (including phenoxy) is 2. The zero-order valence-corrected chi connectivity index (χ0v) is 18.9. The average Bonchev–Trinajstić information content (AvgIpc) is 3.17. The summed E-state index contributed by atoms with van der Waals surface area (Å²) in [7, 11) is 4.18. The molecule has 0 amide bonds. The number of rotatable bonds is 8. The molecule has 30 heavy (non-hydrogen) atoms. The molecule has 0 bridgehead atoms. The van der Waals surface area contributed by atoms with E-state index in [1.54, 1.807) is 0 Å². The maximum Gasteiger partial charge on any atom is 0.194 e. The molecule has 1 N–H and O–H groups in total. The number of hydrogen-bond acceptors (Lipinski definition) is 3. The third-order valence-electron chi connectivity index (χ3n) is 5.91. The van der Waals surface area contributed by atoms with E-state index in [4.69, 9.17) is 14.5 Å². The Morgan fingerprint density at radius 1 is 1.20 bits per heavy atom. The second-order valence-corrected chi connectivity index (χ2v) is 7.99. The van der Waals surface area contributed by atoms with Crippen LogP contribution in [0.3, 0.4) is 0 Å². The summed E-state index contributed by atoms with van der Waals surface area (Å²) in [6.45, 7) is 8.76. The monoisotopic (exact) mass is 412 g/mol. The van der Waals surface area contributed by atoms with Gasteiger partial charge in [0.15, 0.2) is 5.96 Å². The Labute approximate surface area is 180 Å². The molecule has 0 atom stereocenters. The van der Waals surface area contributed by atoms with Gasteiger partial charge in [-0.15, -0.1) is 0 Å². The first-order valence-corrected chi connectivity index (χ1v) is 11.0. The molecule has 2 aromatic rings. The van der Waals surface area contributed by atoms with Crippen LogP contribution in [0.2, 0.25) is 0 Å². The highest BCUT2D eigenvalue weighted by atomic mass is 16.5. The SMILES string of the molecule is CCNC(=NCC1(c2ccc(OCC)cc2)CCOCC1)N(C)Cc1cccn1C. The topological polar surface area (TPSA) is 51.0 Å². The minimum Gasteiger partial charge on any atom is -0.494 e.